The topological polar surface area (TPSA) is 49.1 Å². The maximum Gasteiger partial charge on any atom is 0.0945 e. The highest BCUT2D eigenvalue weighted by Crippen LogP contribution is 2.22. The standard InChI is InChI=1S/C15H23N3OS/c1-12-4-8-18(9-5-12)10-6-15-17-13(11-19-2)14(20-15)3-7-16/h12H,3-6,8-11H2,1-2H3. The Morgan fingerprint density at radius 3 is 2.85 bits per heavy atom. The van der Waals surface area contributed by atoms with Gasteiger partial charge in [-0.1, -0.05) is 6.92 Å². The SMILES string of the molecule is COCc1nc(CCN2CCC(C)CC2)sc1CC#N. The van der Waals surface area contributed by atoms with Crippen LogP contribution in [0.5, 0.6) is 0 Å². The van der Waals surface area contributed by atoms with E-state index in [-0.39, 0.29) is 0 Å². The van der Waals surface area contributed by atoms with Crippen LogP contribution in [0.2, 0.25) is 0 Å². The van der Waals surface area contributed by atoms with Crippen LogP contribution in [0.3, 0.4) is 0 Å². The van der Waals surface area contributed by atoms with Crippen LogP contribution in [-0.4, -0.2) is 36.6 Å². The normalized spacial score (nSPS) is 17.2. The number of rotatable bonds is 6. The molecule has 110 valence electrons. The molecule has 1 fully saturated rings. The summed E-state index contributed by atoms with van der Waals surface area (Å²) in [5.74, 6) is 0.877. The van der Waals surface area contributed by atoms with Gasteiger partial charge in [-0.2, -0.15) is 5.26 Å². The van der Waals surface area contributed by atoms with Crippen LogP contribution >= 0.6 is 11.3 Å². The number of hydrogen-bond donors (Lipinski definition) is 0. The minimum atomic E-state index is 0.442. The summed E-state index contributed by atoms with van der Waals surface area (Å²) < 4.78 is 5.16. The van der Waals surface area contributed by atoms with Crippen LogP contribution in [0.1, 0.15) is 35.3 Å². The fraction of sp³-hybridized carbons (Fsp3) is 0.733. The van der Waals surface area contributed by atoms with Gasteiger partial charge in [0.15, 0.2) is 0 Å². The predicted octanol–water partition coefficient (Wildman–Crippen LogP) is 2.63. The zero-order chi connectivity index (χ0) is 14.4. The van der Waals surface area contributed by atoms with Crippen molar-refractivity contribution in [1.29, 1.82) is 5.26 Å². The minimum absolute atomic E-state index is 0.442. The monoisotopic (exact) mass is 293 g/mol. The molecular formula is C15H23N3OS. The molecule has 0 N–H and O–H groups in total. The van der Waals surface area contributed by atoms with E-state index in [1.54, 1.807) is 18.4 Å². The van der Waals surface area contributed by atoms with E-state index in [9.17, 15) is 0 Å². The highest BCUT2D eigenvalue weighted by Gasteiger charge is 2.16. The molecule has 1 aliphatic rings. The molecule has 1 aromatic rings. The second kappa shape index (κ2) is 7.72. The van der Waals surface area contributed by atoms with Gasteiger partial charge in [0.2, 0.25) is 0 Å². The highest BCUT2D eigenvalue weighted by atomic mass is 32.1. The molecule has 0 radical (unpaired) electrons. The predicted molar refractivity (Wildman–Crippen MR) is 80.7 cm³/mol. The molecule has 1 aliphatic heterocycles. The van der Waals surface area contributed by atoms with Crippen LogP contribution in [-0.2, 0) is 24.2 Å². The number of aromatic nitrogens is 1. The Labute approximate surface area is 125 Å². The lowest BCUT2D eigenvalue weighted by atomic mass is 9.99. The van der Waals surface area contributed by atoms with Crippen LogP contribution in [0.15, 0.2) is 0 Å². The summed E-state index contributed by atoms with van der Waals surface area (Å²) in [7, 11) is 1.67. The first-order chi connectivity index (χ1) is 9.72. The van der Waals surface area contributed by atoms with Crippen molar-refractivity contribution in [3.8, 4) is 6.07 Å². The summed E-state index contributed by atoms with van der Waals surface area (Å²) in [5, 5.41) is 10.00. The first-order valence-electron chi connectivity index (χ1n) is 7.28. The number of piperidine rings is 1. The van der Waals surface area contributed by atoms with Crippen LogP contribution in [0.4, 0.5) is 0 Å². The molecule has 20 heavy (non-hydrogen) atoms. The molecular weight excluding hydrogens is 270 g/mol. The number of nitrogens with zero attached hydrogens (tertiary/aromatic N) is 3. The van der Waals surface area contributed by atoms with Crippen molar-refractivity contribution in [1.82, 2.24) is 9.88 Å². The average Bonchev–Trinajstić information content (AvgIpc) is 2.82. The molecule has 1 aromatic heterocycles. The lowest BCUT2D eigenvalue weighted by molar-refractivity contribution is 0.181. The molecule has 0 aliphatic carbocycles. The van der Waals surface area contributed by atoms with Gasteiger partial charge >= 0.3 is 0 Å². The van der Waals surface area contributed by atoms with E-state index in [1.165, 1.54) is 25.9 Å². The summed E-state index contributed by atoms with van der Waals surface area (Å²) in [6.07, 6.45) is 4.05. The molecule has 2 rings (SSSR count). The fourth-order valence-corrected chi connectivity index (χ4v) is 3.54. The Hall–Kier alpha value is -0.960. The van der Waals surface area contributed by atoms with Gasteiger partial charge in [0, 0.05) is 25.0 Å². The number of thiazole rings is 1. The van der Waals surface area contributed by atoms with Crippen molar-refractivity contribution < 1.29 is 4.74 Å². The van der Waals surface area contributed by atoms with Crippen molar-refractivity contribution in [2.75, 3.05) is 26.7 Å². The zero-order valence-corrected chi connectivity index (χ0v) is 13.2. The first kappa shape index (κ1) is 15.4. The van der Waals surface area contributed by atoms with Crippen LogP contribution in [0.25, 0.3) is 0 Å². The number of nitriles is 1. The molecule has 2 heterocycles. The summed E-state index contributed by atoms with van der Waals surface area (Å²) in [4.78, 5) is 8.23. The lowest BCUT2D eigenvalue weighted by Gasteiger charge is -2.29. The molecule has 4 nitrogen and oxygen atoms in total. The third-order valence-corrected chi connectivity index (χ3v) is 5.02. The summed E-state index contributed by atoms with van der Waals surface area (Å²) in [5.41, 5.74) is 0.946. The molecule has 0 spiro atoms. The number of methoxy groups -OCH3 is 1. The smallest absolute Gasteiger partial charge is 0.0945 e. The van der Waals surface area contributed by atoms with Gasteiger partial charge in [-0.15, -0.1) is 11.3 Å². The second-order valence-corrected chi connectivity index (χ2v) is 6.69. The maximum absolute atomic E-state index is 8.86. The zero-order valence-electron chi connectivity index (χ0n) is 12.4. The van der Waals surface area contributed by atoms with Gasteiger partial charge in [0.25, 0.3) is 0 Å². The Kier molecular flexibility index (Phi) is 5.96. The van der Waals surface area contributed by atoms with Crippen LogP contribution in [0, 0.1) is 17.2 Å². The summed E-state index contributed by atoms with van der Waals surface area (Å²) in [6, 6.07) is 2.21. The van der Waals surface area contributed by atoms with Crippen molar-refractivity contribution in [3.63, 3.8) is 0 Å². The maximum atomic E-state index is 8.86. The molecule has 0 unspecified atom stereocenters. The molecule has 1 saturated heterocycles. The van der Waals surface area contributed by atoms with E-state index in [4.69, 9.17) is 10.00 Å². The molecule has 0 amide bonds. The van der Waals surface area contributed by atoms with E-state index in [2.05, 4.69) is 22.9 Å². The van der Waals surface area contributed by atoms with Gasteiger partial charge in [-0.05, 0) is 31.8 Å². The minimum Gasteiger partial charge on any atom is -0.378 e. The van der Waals surface area contributed by atoms with Gasteiger partial charge in [-0.25, -0.2) is 4.98 Å². The third-order valence-electron chi connectivity index (χ3n) is 3.86. The summed E-state index contributed by atoms with van der Waals surface area (Å²) in [6.45, 7) is 6.35. The van der Waals surface area contributed by atoms with Crippen LogP contribution < -0.4 is 0 Å². The Bertz CT molecular complexity index is 458. The fourth-order valence-electron chi connectivity index (χ4n) is 2.54. The Morgan fingerprint density at radius 1 is 1.45 bits per heavy atom. The van der Waals surface area contributed by atoms with E-state index in [0.29, 0.717) is 13.0 Å². The number of likely N-dealkylation sites (tertiary alicyclic amines) is 1. The molecule has 5 heteroatoms. The van der Waals surface area contributed by atoms with E-state index >= 15 is 0 Å². The van der Waals surface area contributed by atoms with E-state index in [1.807, 2.05) is 0 Å². The highest BCUT2D eigenvalue weighted by molar-refractivity contribution is 7.11. The van der Waals surface area contributed by atoms with E-state index < -0.39 is 0 Å². The quantitative estimate of drug-likeness (QED) is 0.809. The number of ether oxygens (including phenoxy) is 1. The lowest BCUT2D eigenvalue weighted by Crippen LogP contribution is -2.34. The molecule has 0 aromatic carbocycles. The first-order valence-corrected chi connectivity index (χ1v) is 8.10. The second-order valence-electron chi connectivity index (χ2n) is 5.52. The van der Waals surface area contributed by atoms with Gasteiger partial charge in [0.1, 0.15) is 0 Å². The number of hydrogen-bond acceptors (Lipinski definition) is 5. The van der Waals surface area contributed by atoms with Gasteiger partial charge < -0.3 is 9.64 Å². The summed E-state index contributed by atoms with van der Waals surface area (Å²) >= 11 is 1.67. The van der Waals surface area contributed by atoms with Crippen molar-refractivity contribution >= 4 is 11.3 Å². The Balaban J connectivity index is 1.89. The van der Waals surface area contributed by atoms with Crippen molar-refractivity contribution in [2.24, 2.45) is 5.92 Å². The molecule has 0 atom stereocenters. The van der Waals surface area contributed by atoms with Gasteiger partial charge in [-0.3, -0.25) is 0 Å². The third kappa shape index (κ3) is 4.27. The van der Waals surface area contributed by atoms with E-state index in [0.717, 1.165) is 34.5 Å². The molecule has 0 saturated carbocycles. The molecule has 0 bridgehead atoms. The van der Waals surface area contributed by atoms with Crippen molar-refractivity contribution in [3.05, 3.63) is 15.6 Å². The van der Waals surface area contributed by atoms with Crippen molar-refractivity contribution in [2.45, 2.75) is 39.2 Å². The largest absolute Gasteiger partial charge is 0.378 e. The average molecular weight is 293 g/mol. The Morgan fingerprint density at radius 2 is 2.20 bits per heavy atom. The van der Waals surface area contributed by atoms with Gasteiger partial charge in [0.05, 0.1) is 29.8 Å².